The fourth-order valence-corrected chi connectivity index (χ4v) is 6.49. The molecule has 4 atom stereocenters. The summed E-state index contributed by atoms with van der Waals surface area (Å²) in [5.41, 5.74) is 6.19. The van der Waals surface area contributed by atoms with Gasteiger partial charge in [-0.1, -0.05) is 43.2 Å². The number of rotatable bonds is 1. The van der Waals surface area contributed by atoms with E-state index in [9.17, 15) is 4.79 Å². The number of hydrogen-bond donors (Lipinski definition) is 0. The average Bonchev–Trinajstić information content (AvgIpc) is 3.00. The highest BCUT2D eigenvalue weighted by atomic mass is 16.1. The second-order valence-corrected chi connectivity index (χ2v) is 9.12. The van der Waals surface area contributed by atoms with E-state index in [2.05, 4.69) is 37.0 Å². The average molecular weight is 345 g/mol. The molecular formula is C24H27NO. The van der Waals surface area contributed by atoms with E-state index >= 15 is 0 Å². The lowest BCUT2D eigenvalue weighted by molar-refractivity contribution is -0.116. The Morgan fingerprint density at radius 2 is 2.00 bits per heavy atom. The Balaban J connectivity index is 1.50. The van der Waals surface area contributed by atoms with Crippen LogP contribution in [-0.4, -0.2) is 10.8 Å². The molecular weight excluding hydrogens is 318 g/mol. The molecule has 2 nitrogen and oxygen atoms in total. The zero-order valence-corrected chi connectivity index (χ0v) is 15.8. The van der Waals surface area contributed by atoms with E-state index in [-0.39, 0.29) is 10.8 Å². The molecule has 2 unspecified atom stereocenters. The minimum atomic E-state index is 0.159. The molecule has 1 aromatic rings. The largest absolute Gasteiger partial charge is 0.295 e. The predicted octanol–water partition coefficient (Wildman–Crippen LogP) is 5.53. The summed E-state index contributed by atoms with van der Waals surface area (Å²) in [5, 5.41) is 0. The van der Waals surface area contributed by atoms with Gasteiger partial charge in [0.2, 0.25) is 0 Å². The lowest BCUT2D eigenvalue weighted by Gasteiger charge is -2.56. The fourth-order valence-electron chi connectivity index (χ4n) is 6.49. The smallest absolute Gasteiger partial charge is 0.155 e. The number of nitrogens with zero attached hydrogens (tertiary/aromatic N) is 1. The van der Waals surface area contributed by atoms with E-state index in [0.29, 0.717) is 17.6 Å². The molecule has 0 saturated heterocycles. The quantitative estimate of drug-likeness (QED) is 0.670. The molecule has 1 heterocycles. The summed E-state index contributed by atoms with van der Waals surface area (Å²) in [6, 6.07) is 4.24. The molecule has 0 aromatic carbocycles. The maximum Gasteiger partial charge on any atom is 0.155 e. The maximum atomic E-state index is 12.0. The van der Waals surface area contributed by atoms with Crippen molar-refractivity contribution in [1.29, 1.82) is 0 Å². The molecule has 0 amide bonds. The first kappa shape index (κ1) is 16.2. The summed E-state index contributed by atoms with van der Waals surface area (Å²) >= 11 is 0. The van der Waals surface area contributed by atoms with Gasteiger partial charge in [0.05, 0.1) is 0 Å². The molecule has 2 saturated carbocycles. The van der Waals surface area contributed by atoms with Crippen molar-refractivity contribution in [1.82, 2.24) is 4.98 Å². The molecule has 0 spiro atoms. The number of ketones is 1. The lowest BCUT2D eigenvalue weighted by Crippen LogP contribution is -2.47. The molecule has 4 aliphatic rings. The Bertz CT molecular complexity index is 861. The number of hydrogen-bond acceptors (Lipinski definition) is 2. The molecule has 1 aromatic heterocycles. The van der Waals surface area contributed by atoms with Crippen LogP contribution in [-0.2, 0) is 4.79 Å². The maximum absolute atomic E-state index is 12.0. The van der Waals surface area contributed by atoms with Gasteiger partial charge in [-0.25, -0.2) is 0 Å². The Morgan fingerprint density at radius 1 is 1.12 bits per heavy atom. The van der Waals surface area contributed by atoms with Gasteiger partial charge in [-0.3, -0.25) is 9.78 Å². The molecule has 0 aliphatic heterocycles. The summed E-state index contributed by atoms with van der Waals surface area (Å²) in [5.74, 6) is 1.70. The van der Waals surface area contributed by atoms with Crippen LogP contribution in [0.4, 0.5) is 0 Å². The van der Waals surface area contributed by atoms with Crippen LogP contribution in [0, 0.1) is 22.7 Å². The van der Waals surface area contributed by atoms with Crippen molar-refractivity contribution in [3.05, 3.63) is 59.5 Å². The van der Waals surface area contributed by atoms with Crippen molar-refractivity contribution in [3.8, 4) is 0 Å². The van der Waals surface area contributed by atoms with Crippen LogP contribution >= 0.6 is 0 Å². The van der Waals surface area contributed by atoms with Crippen molar-refractivity contribution < 1.29 is 4.79 Å². The van der Waals surface area contributed by atoms with Crippen LogP contribution in [0.25, 0.3) is 5.57 Å². The minimum Gasteiger partial charge on any atom is -0.295 e. The van der Waals surface area contributed by atoms with Gasteiger partial charge in [0.15, 0.2) is 5.78 Å². The number of allylic oxidation sites excluding steroid dienone is 6. The monoisotopic (exact) mass is 345 g/mol. The van der Waals surface area contributed by atoms with Gasteiger partial charge >= 0.3 is 0 Å². The first-order chi connectivity index (χ1) is 12.5. The third kappa shape index (κ3) is 2.11. The molecule has 0 radical (unpaired) electrons. The van der Waals surface area contributed by atoms with Crippen molar-refractivity contribution in [2.45, 2.75) is 52.4 Å². The Labute approximate surface area is 156 Å². The summed E-state index contributed by atoms with van der Waals surface area (Å²) in [4.78, 5) is 16.3. The summed E-state index contributed by atoms with van der Waals surface area (Å²) in [6.45, 7) is 4.88. The molecule has 4 aliphatic carbocycles. The van der Waals surface area contributed by atoms with Gasteiger partial charge in [0.25, 0.3) is 0 Å². The lowest BCUT2D eigenvalue weighted by atomic mass is 9.48. The minimum absolute atomic E-state index is 0.159. The van der Waals surface area contributed by atoms with E-state index in [1.54, 1.807) is 5.57 Å². The number of fused-ring (bicyclic) bond motifs is 5. The molecule has 0 bridgehead atoms. The standard InChI is InChI=1S/C24H27NO/c1-23-11-9-18(26)14-17(23)5-6-19-21-8-7-20(16-4-3-13-25-15-16)24(21,2)12-10-22(19)23/h3-4,7-8,13-15,19,22H,5-6,9-12H2,1-2H3/t19?,22?,23-,24+/m0/s1. The predicted molar refractivity (Wildman–Crippen MR) is 104 cm³/mol. The number of carbonyl (C=O) groups is 1. The van der Waals surface area contributed by atoms with Crippen LogP contribution in [0.1, 0.15) is 57.9 Å². The van der Waals surface area contributed by atoms with Crippen molar-refractivity contribution in [3.63, 3.8) is 0 Å². The normalized spacial score (nSPS) is 38.5. The van der Waals surface area contributed by atoms with Crippen LogP contribution in [0.5, 0.6) is 0 Å². The van der Waals surface area contributed by atoms with Gasteiger partial charge in [0.1, 0.15) is 0 Å². The Morgan fingerprint density at radius 3 is 2.81 bits per heavy atom. The van der Waals surface area contributed by atoms with Gasteiger partial charge in [-0.15, -0.1) is 0 Å². The van der Waals surface area contributed by atoms with E-state index in [4.69, 9.17) is 0 Å². The highest BCUT2D eigenvalue weighted by Crippen LogP contribution is 2.65. The van der Waals surface area contributed by atoms with Gasteiger partial charge in [-0.2, -0.15) is 0 Å². The highest BCUT2D eigenvalue weighted by molar-refractivity contribution is 5.91. The molecule has 2 fully saturated rings. The number of pyridine rings is 1. The van der Waals surface area contributed by atoms with E-state index in [1.165, 1.54) is 36.0 Å². The topological polar surface area (TPSA) is 30.0 Å². The van der Waals surface area contributed by atoms with Gasteiger partial charge in [0, 0.05) is 24.2 Å². The van der Waals surface area contributed by atoms with Crippen molar-refractivity contribution >= 4 is 11.4 Å². The van der Waals surface area contributed by atoms with Crippen LogP contribution in [0.15, 0.2) is 53.9 Å². The first-order valence-corrected chi connectivity index (χ1v) is 10.1. The number of aromatic nitrogens is 1. The van der Waals surface area contributed by atoms with Gasteiger partial charge < -0.3 is 0 Å². The van der Waals surface area contributed by atoms with E-state index in [0.717, 1.165) is 19.3 Å². The molecule has 5 rings (SSSR count). The summed E-state index contributed by atoms with van der Waals surface area (Å²) in [6.07, 6.45) is 17.2. The second-order valence-electron chi connectivity index (χ2n) is 9.12. The molecule has 2 heteroatoms. The zero-order chi connectivity index (χ0) is 17.9. The first-order valence-electron chi connectivity index (χ1n) is 10.1. The van der Waals surface area contributed by atoms with Crippen LogP contribution in [0.2, 0.25) is 0 Å². The third-order valence-corrected chi connectivity index (χ3v) is 7.98. The fraction of sp³-hybridized carbons (Fsp3) is 0.500. The second kappa shape index (κ2) is 5.52. The molecule has 26 heavy (non-hydrogen) atoms. The third-order valence-electron chi connectivity index (χ3n) is 7.98. The molecule has 134 valence electrons. The van der Waals surface area contributed by atoms with E-state index < -0.39 is 0 Å². The number of carbonyl (C=O) groups excluding carboxylic acids is 1. The van der Waals surface area contributed by atoms with Crippen molar-refractivity contribution in [2.75, 3.05) is 0 Å². The SMILES string of the molecule is C[C@]12CCC3C(CCC4=CC(=O)CC[C@@]43C)C1=CC=C2c1cccnc1. The highest BCUT2D eigenvalue weighted by Gasteiger charge is 2.54. The van der Waals surface area contributed by atoms with Crippen molar-refractivity contribution in [2.24, 2.45) is 22.7 Å². The zero-order valence-electron chi connectivity index (χ0n) is 15.8. The van der Waals surface area contributed by atoms with Crippen LogP contribution < -0.4 is 0 Å². The summed E-state index contributed by atoms with van der Waals surface area (Å²) < 4.78 is 0. The van der Waals surface area contributed by atoms with E-state index in [1.807, 2.05) is 24.5 Å². The summed E-state index contributed by atoms with van der Waals surface area (Å²) in [7, 11) is 0. The molecule has 0 N–H and O–H groups in total. The van der Waals surface area contributed by atoms with Gasteiger partial charge in [-0.05, 0) is 72.6 Å². The van der Waals surface area contributed by atoms with Crippen LogP contribution in [0.3, 0.4) is 0 Å². The Hall–Kier alpha value is -1.96. The Kier molecular flexibility index (Phi) is 3.44.